The SMILES string of the molecule is Cn1ccc2c(CN3C(=O)COCC34CCN(c3cnc5ccccc5n3)CC4)cccc21. The summed E-state index contributed by atoms with van der Waals surface area (Å²) < 4.78 is 7.92. The standard InChI is InChI=1S/C26H27N5O2/c1-29-12-9-20-19(5-4-8-23(20)29)16-31-25(32)17-33-18-26(31)10-13-30(14-11-26)24-15-27-21-6-2-3-7-22(21)28-24/h2-9,12,15H,10-11,13-14,16-18H2,1H3. The van der Waals surface area contributed by atoms with Crippen molar-refractivity contribution >= 4 is 33.7 Å². The van der Waals surface area contributed by atoms with Crippen molar-refractivity contribution in [1.82, 2.24) is 19.4 Å². The molecule has 0 N–H and O–H groups in total. The highest BCUT2D eigenvalue weighted by atomic mass is 16.5. The molecule has 4 heterocycles. The smallest absolute Gasteiger partial charge is 0.249 e. The van der Waals surface area contributed by atoms with E-state index < -0.39 is 0 Å². The Morgan fingerprint density at radius 3 is 2.70 bits per heavy atom. The number of piperidine rings is 1. The molecule has 2 aromatic heterocycles. The molecule has 2 aliphatic heterocycles. The minimum absolute atomic E-state index is 0.0770. The van der Waals surface area contributed by atoms with Gasteiger partial charge in [-0.25, -0.2) is 4.98 Å². The molecule has 6 rings (SSSR count). The molecule has 0 aliphatic carbocycles. The third-order valence-electron chi connectivity index (χ3n) is 7.27. The Morgan fingerprint density at radius 1 is 1.03 bits per heavy atom. The highest BCUT2D eigenvalue weighted by Gasteiger charge is 2.45. The molecule has 0 unspecified atom stereocenters. The first-order chi connectivity index (χ1) is 16.1. The Balaban J connectivity index is 1.26. The summed E-state index contributed by atoms with van der Waals surface area (Å²) in [5.74, 6) is 0.973. The Bertz CT molecular complexity index is 1340. The lowest BCUT2D eigenvalue weighted by Gasteiger charge is -2.51. The van der Waals surface area contributed by atoms with Gasteiger partial charge in [-0.1, -0.05) is 24.3 Å². The van der Waals surface area contributed by atoms with Gasteiger partial charge in [0.25, 0.3) is 0 Å². The fourth-order valence-electron chi connectivity index (χ4n) is 5.34. The van der Waals surface area contributed by atoms with Crippen LogP contribution in [0.4, 0.5) is 5.82 Å². The number of aryl methyl sites for hydroxylation is 1. The molecular formula is C26H27N5O2. The van der Waals surface area contributed by atoms with Crippen molar-refractivity contribution in [3.8, 4) is 0 Å². The second kappa shape index (κ2) is 7.85. The molecule has 2 aromatic carbocycles. The van der Waals surface area contributed by atoms with Crippen LogP contribution in [-0.2, 0) is 23.1 Å². The van der Waals surface area contributed by atoms with Crippen LogP contribution >= 0.6 is 0 Å². The number of fused-ring (bicyclic) bond motifs is 2. The second-order valence-corrected chi connectivity index (χ2v) is 9.18. The summed E-state index contributed by atoms with van der Waals surface area (Å²) in [5, 5.41) is 1.21. The number of morpholine rings is 1. The number of aromatic nitrogens is 3. The highest BCUT2D eigenvalue weighted by Crippen LogP contribution is 2.36. The molecule has 7 heteroatoms. The number of nitrogens with zero attached hydrogens (tertiary/aromatic N) is 5. The topological polar surface area (TPSA) is 63.5 Å². The van der Waals surface area contributed by atoms with E-state index >= 15 is 0 Å². The molecule has 2 fully saturated rings. The van der Waals surface area contributed by atoms with Crippen molar-refractivity contribution < 1.29 is 9.53 Å². The number of rotatable bonds is 3. The third kappa shape index (κ3) is 3.43. The molecule has 0 radical (unpaired) electrons. The van der Waals surface area contributed by atoms with Gasteiger partial charge in [0.05, 0.1) is 29.4 Å². The van der Waals surface area contributed by atoms with E-state index in [-0.39, 0.29) is 18.1 Å². The van der Waals surface area contributed by atoms with Crippen LogP contribution < -0.4 is 4.90 Å². The largest absolute Gasteiger partial charge is 0.369 e. The quantitative estimate of drug-likeness (QED) is 0.487. The van der Waals surface area contributed by atoms with Gasteiger partial charge < -0.3 is 19.1 Å². The van der Waals surface area contributed by atoms with Crippen molar-refractivity contribution in [1.29, 1.82) is 0 Å². The van der Waals surface area contributed by atoms with Gasteiger partial charge in [0.15, 0.2) is 0 Å². The van der Waals surface area contributed by atoms with Crippen LogP contribution in [-0.4, -0.2) is 57.2 Å². The van der Waals surface area contributed by atoms with Crippen LogP contribution in [0, 0.1) is 0 Å². The molecular weight excluding hydrogens is 414 g/mol. The lowest BCUT2D eigenvalue weighted by Crippen LogP contribution is -2.63. The molecule has 168 valence electrons. The number of hydrogen-bond donors (Lipinski definition) is 0. The zero-order valence-electron chi connectivity index (χ0n) is 18.8. The minimum Gasteiger partial charge on any atom is -0.369 e. The van der Waals surface area contributed by atoms with Gasteiger partial charge in [-0.2, -0.15) is 0 Å². The average Bonchev–Trinajstić information content (AvgIpc) is 3.23. The van der Waals surface area contributed by atoms with Gasteiger partial charge >= 0.3 is 0 Å². The molecule has 33 heavy (non-hydrogen) atoms. The summed E-state index contributed by atoms with van der Waals surface area (Å²) in [4.78, 5) is 26.8. The number of amides is 1. The Morgan fingerprint density at radius 2 is 1.85 bits per heavy atom. The molecule has 0 bridgehead atoms. The lowest BCUT2D eigenvalue weighted by atomic mass is 9.84. The number of hydrogen-bond acceptors (Lipinski definition) is 5. The first-order valence-electron chi connectivity index (χ1n) is 11.5. The zero-order chi connectivity index (χ0) is 22.4. The van der Waals surface area contributed by atoms with Crippen LogP contribution in [0.25, 0.3) is 21.9 Å². The van der Waals surface area contributed by atoms with Crippen molar-refractivity contribution in [3.05, 3.63) is 66.5 Å². The Kier molecular flexibility index (Phi) is 4.80. The monoisotopic (exact) mass is 441 g/mol. The molecule has 1 amide bonds. The van der Waals surface area contributed by atoms with Gasteiger partial charge in [-0.15, -0.1) is 0 Å². The summed E-state index contributed by atoms with van der Waals surface area (Å²) in [5.41, 5.74) is 3.90. The van der Waals surface area contributed by atoms with E-state index in [1.54, 1.807) is 0 Å². The van der Waals surface area contributed by atoms with E-state index in [2.05, 4.69) is 56.9 Å². The number of ether oxygens (including phenoxy) is 1. The first-order valence-corrected chi connectivity index (χ1v) is 11.5. The first kappa shape index (κ1) is 20.2. The fraction of sp³-hybridized carbons (Fsp3) is 0.346. The molecule has 4 aromatic rings. The normalized spacial score (nSPS) is 18.5. The average molecular weight is 442 g/mol. The summed E-state index contributed by atoms with van der Waals surface area (Å²) in [6.07, 6.45) is 5.63. The van der Waals surface area contributed by atoms with Crippen molar-refractivity contribution in [2.24, 2.45) is 7.05 Å². The number of carbonyl (C=O) groups is 1. The number of benzene rings is 2. The predicted molar refractivity (Wildman–Crippen MR) is 128 cm³/mol. The second-order valence-electron chi connectivity index (χ2n) is 9.18. The summed E-state index contributed by atoms with van der Waals surface area (Å²) in [6, 6.07) is 16.4. The van der Waals surface area contributed by atoms with Crippen LogP contribution in [0.3, 0.4) is 0 Å². The molecule has 7 nitrogen and oxygen atoms in total. The van der Waals surface area contributed by atoms with Crippen molar-refractivity contribution in [3.63, 3.8) is 0 Å². The molecule has 0 atom stereocenters. The van der Waals surface area contributed by atoms with Gasteiger partial charge in [0.2, 0.25) is 5.91 Å². The number of para-hydroxylation sites is 2. The molecule has 0 saturated carbocycles. The predicted octanol–water partition coefficient (Wildman–Crippen LogP) is 3.52. The molecule has 1 spiro atoms. The summed E-state index contributed by atoms with van der Waals surface area (Å²) in [7, 11) is 2.05. The lowest BCUT2D eigenvalue weighted by molar-refractivity contribution is -0.161. The molecule has 2 aliphatic rings. The van der Waals surface area contributed by atoms with E-state index in [1.807, 2.05) is 30.5 Å². The van der Waals surface area contributed by atoms with Gasteiger partial charge in [0, 0.05) is 43.8 Å². The van der Waals surface area contributed by atoms with Crippen LogP contribution in [0.1, 0.15) is 18.4 Å². The van der Waals surface area contributed by atoms with E-state index in [9.17, 15) is 4.79 Å². The Hall–Kier alpha value is -3.45. The van der Waals surface area contributed by atoms with Gasteiger partial charge in [-0.05, 0) is 42.7 Å². The van der Waals surface area contributed by atoms with E-state index in [0.29, 0.717) is 13.2 Å². The maximum Gasteiger partial charge on any atom is 0.249 e. The third-order valence-corrected chi connectivity index (χ3v) is 7.27. The van der Waals surface area contributed by atoms with Gasteiger partial charge in [0.1, 0.15) is 12.4 Å². The zero-order valence-corrected chi connectivity index (χ0v) is 18.8. The van der Waals surface area contributed by atoms with Crippen LogP contribution in [0.5, 0.6) is 0 Å². The van der Waals surface area contributed by atoms with Gasteiger partial charge in [-0.3, -0.25) is 9.78 Å². The number of anilines is 1. The van der Waals surface area contributed by atoms with E-state index in [4.69, 9.17) is 9.72 Å². The Labute approximate surface area is 192 Å². The van der Waals surface area contributed by atoms with Crippen LogP contribution in [0.15, 0.2) is 60.9 Å². The van der Waals surface area contributed by atoms with Crippen molar-refractivity contribution in [2.75, 3.05) is 31.2 Å². The maximum absolute atomic E-state index is 13.1. The maximum atomic E-state index is 13.1. The summed E-state index contributed by atoms with van der Waals surface area (Å²) in [6.45, 7) is 2.98. The van der Waals surface area contributed by atoms with Crippen LogP contribution in [0.2, 0.25) is 0 Å². The fourth-order valence-corrected chi connectivity index (χ4v) is 5.34. The summed E-state index contributed by atoms with van der Waals surface area (Å²) >= 11 is 0. The van der Waals surface area contributed by atoms with E-state index in [0.717, 1.165) is 42.8 Å². The minimum atomic E-state index is -0.285. The van der Waals surface area contributed by atoms with Crippen molar-refractivity contribution in [2.45, 2.75) is 24.9 Å². The molecule has 2 saturated heterocycles. The highest BCUT2D eigenvalue weighted by molar-refractivity contribution is 5.85. The van der Waals surface area contributed by atoms with E-state index in [1.165, 1.54) is 16.5 Å². The number of carbonyl (C=O) groups excluding carboxylic acids is 1.